The van der Waals surface area contributed by atoms with E-state index >= 15 is 0 Å². The minimum Gasteiger partial charge on any atom is -0.496 e. The van der Waals surface area contributed by atoms with Crippen molar-refractivity contribution in [1.82, 2.24) is 9.97 Å². The number of hydrogen-bond acceptors (Lipinski definition) is 3. The van der Waals surface area contributed by atoms with E-state index in [1.807, 2.05) is 19.1 Å². The smallest absolute Gasteiger partial charge is 0.123 e. The summed E-state index contributed by atoms with van der Waals surface area (Å²) in [5.41, 5.74) is 2.02. The average Bonchev–Trinajstić information content (AvgIpc) is 2.17. The Morgan fingerprint density at radius 1 is 1.31 bits per heavy atom. The number of fused-ring (bicyclic) bond motifs is 1. The third kappa shape index (κ3) is 1.33. The first-order valence-corrected chi connectivity index (χ1v) is 4.05. The summed E-state index contributed by atoms with van der Waals surface area (Å²) in [4.78, 5) is 8.10. The highest BCUT2D eigenvalue weighted by molar-refractivity contribution is 5.80. The molecule has 0 amide bonds. The first kappa shape index (κ1) is 7.98. The Bertz CT molecular complexity index is 440. The number of nitrogens with zero attached hydrogens (tertiary/aromatic N) is 2. The average molecular weight is 174 g/mol. The van der Waals surface area contributed by atoms with Crippen LogP contribution < -0.4 is 4.74 Å². The lowest BCUT2D eigenvalue weighted by molar-refractivity contribution is 0.412. The molecule has 0 aliphatic heterocycles. The predicted octanol–water partition coefficient (Wildman–Crippen LogP) is 1.95. The molecular weight excluding hydrogens is 164 g/mol. The fourth-order valence-electron chi connectivity index (χ4n) is 1.34. The Labute approximate surface area is 76.4 Å². The monoisotopic (exact) mass is 174 g/mol. The van der Waals surface area contributed by atoms with Crippen molar-refractivity contribution in [3.63, 3.8) is 0 Å². The molecule has 13 heavy (non-hydrogen) atoms. The van der Waals surface area contributed by atoms with Gasteiger partial charge in [0.25, 0.3) is 0 Å². The molecule has 0 spiro atoms. The minimum atomic E-state index is 0.867. The van der Waals surface area contributed by atoms with E-state index in [1.54, 1.807) is 13.3 Å². The molecule has 66 valence electrons. The zero-order valence-electron chi connectivity index (χ0n) is 7.61. The van der Waals surface area contributed by atoms with Gasteiger partial charge in [-0.15, -0.1) is 0 Å². The molecule has 1 aromatic carbocycles. The summed E-state index contributed by atoms with van der Waals surface area (Å²) in [5, 5.41) is 1.04. The van der Waals surface area contributed by atoms with Gasteiger partial charge in [-0.1, -0.05) is 0 Å². The van der Waals surface area contributed by atoms with Crippen LogP contribution in [-0.2, 0) is 0 Å². The number of ether oxygens (including phenoxy) is 1. The van der Waals surface area contributed by atoms with Gasteiger partial charge >= 0.3 is 0 Å². The zero-order valence-corrected chi connectivity index (χ0v) is 7.61. The van der Waals surface area contributed by atoms with Crippen LogP contribution in [0.25, 0.3) is 10.9 Å². The van der Waals surface area contributed by atoms with Crippen molar-refractivity contribution in [3.05, 3.63) is 30.2 Å². The fraction of sp³-hybridized carbons (Fsp3) is 0.200. The van der Waals surface area contributed by atoms with Crippen LogP contribution in [0.2, 0.25) is 0 Å². The molecule has 3 nitrogen and oxygen atoms in total. The molecule has 0 atom stereocenters. The van der Waals surface area contributed by atoms with Crippen LogP contribution in [0.15, 0.2) is 24.7 Å². The van der Waals surface area contributed by atoms with Crippen molar-refractivity contribution in [2.45, 2.75) is 6.92 Å². The molecule has 2 rings (SSSR count). The second-order valence-corrected chi connectivity index (χ2v) is 2.90. The molecular formula is C10H10N2O. The van der Waals surface area contributed by atoms with Gasteiger partial charge in [-0.25, -0.2) is 9.97 Å². The van der Waals surface area contributed by atoms with Crippen molar-refractivity contribution in [2.75, 3.05) is 7.11 Å². The van der Waals surface area contributed by atoms with Crippen molar-refractivity contribution in [2.24, 2.45) is 0 Å². The van der Waals surface area contributed by atoms with E-state index in [9.17, 15) is 0 Å². The van der Waals surface area contributed by atoms with E-state index < -0.39 is 0 Å². The van der Waals surface area contributed by atoms with E-state index in [4.69, 9.17) is 4.74 Å². The second kappa shape index (κ2) is 3.01. The first-order chi connectivity index (χ1) is 6.31. The summed E-state index contributed by atoms with van der Waals surface area (Å²) in [5.74, 6) is 0.867. The van der Waals surface area contributed by atoms with E-state index in [-0.39, 0.29) is 0 Å². The Morgan fingerprint density at radius 3 is 2.92 bits per heavy atom. The lowest BCUT2D eigenvalue weighted by Crippen LogP contribution is -1.89. The highest BCUT2D eigenvalue weighted by Crippen LogP contribution is 2.22. The predicted molar refractivity (Wildman–Crippen MR) is 50.8 cm³/mol. The molecule has 2 aromatic rings. The molecule has 0 aliphatic carbocycles. The third-order valence-electron chi connectivity index (χ3n) is 2.02. The summed E-state index contributed by atoms with van der Waals surface area (Å²) < 4.78 is 5.19. The van der Waals surface area contributed by atoms with Crippen LogP contribution in [0.1, 0.15) is 5.56 Å². The number of rotatable bonds is 1. The first-order valence-electron chi connectivity index (χ1n) is 4.05. The molecule has 0 N–H and O–H groups in total. The number of benzene rings is 1. The van der Waals surface area contributed by atoms with Gasteiger partial charge in [-0.05, 0) is 18.6 Å². The summed E-state index contributed by atoms with van der Waals surface area (Å²) >= 11 is 0. The number of aromatic nitrogens is 2. The second-order valence-electron chi connectivity index (χ2n) is 2.90. The third-order valence-corrected chi connectivity index (χ3v) is 2.02. The fourth-order valence-corrected chi connectivity index (χ4v) is 1.34. The van der Waals surface area contributed by atoms with Gasteiger partial charge in [0, 0.05) is 17.6 Å². The summed E-state index contributed by atoms with van der Waals surface area (Å²) in [6.45, 7) is 2.01. The van der Waals surface area contributed by atoms with E-state index in [2.05, 4.69) is 9.97 Å². The SMILES string of the molecule is COc1cc2ncncc2cc1C. The summed E-state index contributed by atoms with van der Waals surface area (Å²) in [7, 11) is 1.66. The maximum Gasteiger partial charge on any atom is 0.123 e. The quantitative estimate of drug-likeness (QED) is 0.662. The van der Waals surface area contributed by atoms with Crippen LogP contribution in [0.5, 0.6) is 5.75 Å². The van der Waals surface area contributed by atoms with Gasteiger partial charge in [-0.2, -0.15) is 0 Å². The van der Waals surface area contributed by atoms with Crippen molar-refractivity contribution < 1.29 is 4.74 Å². The van der Waals surface area contributed by atoms with Gasteiger partial charge in [0.2, 0.25) is 0 Å². The van der Waals surface area contributed by atoms with E-state index in [1.165, 1.54) is 6.33 Å². The molecule has 0 radical (unpaired) electrons. The lowest BCUT2D eigenvalue weighted by atomic mass is 10.1. The van der Waals surface area contributed by atoms with Gasteiger partial charge < -0.3 is 4.74 Å². The van der Waals surface area contributed by atoms with Gasteiger partial charge in [0.1, 0.15) is 12.1 Å². The molecule has 0 fully saturated rings. The van der Waals surface area contributed by atoms with Crippen LogP contribution in [0, 0.1) is 6.92 Å². The molecule has 0 aliphatic rings. The number of methoxy groups -OCH3 is 1. The summed E-state index contributed by atoms with van der Waals surface area (Å²) in [6.07, 6.45) is 3.34. The molecule has 0 saturated carbocycles. The van der Waals surface area contributed by atoms with Crippen LogP contribution in [-0.4, -0.2) is 17.1 Å². The lowest BCUT2D eigenvalue weighted by Gasteiger charge is -2.04. The molecule has 0 bridgehead atoms. The topological polar surface area (TPSA) is 35.0 Å². The molecule has 0 saturated heterocycles. The minimum absolute atomic E-state index is 0.867. The van der Waals surface area contributed by atoms with E-state index in [0.717, 1.165) is 22.2 Å². The maximum atomic E-state index is 5.19. The van der Waals surface area contributed by atoms with Crippen molar-refractivity contribution in [1.29, 1.82) is 0 Å². The summed E-state index contributed by atoms with van der Waals surface area (Å²) in [6, 6.07) is 3.94. The molecule has 1 aromatic heterocycles. The normalized spacial score (nSPS) is 10.3. The van der Waals surface area contributed by atoms with Crippen LogP contribution in [0.3, 0.4) is 0 Å². The Kier molecular flexibility index (Phi) is 1.85. The van der Waals surface area contributed by atoms with Gasteiger partial charge in [-0.3, -0.25) is 0 Å². The van der Waals surface area contributed by atoms with Gasteiger partial charge in [0.15, 0.2) is 0 Å². The molecule has 0 unspecified atom stereocenters. The van der Waals surface area contributed by atoms with Crippen molar-refractivity contribution in [3.8, 4) is 5.75 Å². The highest BCUT2D eigenvalue weighted by Gasteiger charge is 2.01. The Hall–Kier alpha value is -1.64. The van der Waals surface area contributed by atoms with Crippen LogP contribution >= 0.6 is 0 Å². The van der Waals surface area contributed by atoms with Crippen molar-refractivity contribution >= 4 is 10.9 Å². The number of hydrogen-bond donors (Lipinski definition) is 0. The van der Waals surface area contributed by atoms with E-state index in [0.29, 0.717) is 0 Å². The highest BCUT2D eigenvalue weighted by atomic mass is 16.5. The Morgan fingerprint density at radius 2 is 2.15 bits per heavy atom. The van der Waals surface area contributed by atoms with Gasteiger partial charge in [0.05, 0.1) is 12.6 Å². The maximum absolute atomic E-state index is 5.19. The molecule has 3 heteroatoms. The molecule has 1 heterocycles. The number of aryl methyl sites for hydroxylation is 1. The zero-order chi connectivity index (χ0) is 9.26. The van der Waals surface area contributed by atoms with Crippen LogP contribution in [0.4, 0.5) is 0 Å². The Balaban J connectivity index is 2.74. The standard InChI is InChI=1S/C10H10N2O/c1-7-3-8-5-11-6-12-9(8)4-10(7)13-2/h3-6H,1-2H3. The largest absolute Gasteiger partial charge is 0.496 e.